The van der Waals surface area contributed by atoms with Crippen molar-refractivity contribution in [3.63, 3.8) is 0 Å². The molecular formula is C18H20ClNO. The summed E-state index contributed by atoms with van der Waals surface area (Å²) in [6.07, 6.45) is 1.11. The van der Waals surface area contributed by atoms with Crippen molar-refractivity contribution in [2.24, 2.45) is 0 Å². The van der Waals surface area contributed by atoms with Crippen molar-refractivity contribution in [2.75, 3.05) is 6.54 Å². The van der Waals surface area contributed by atoms with Gasteiger partial charge in [-0.15, -0.1) is 0 Å². The lowest BCUT2D eigenvalue weighted by atomic mass is 10.0. The second-order valence-corrected chi connectivity index (χ2v) is 6.12. The van der Waals surface area contributed by atoms with E-state index in [0.717, 1.165) is 23.7 Å². The highest BCUT2D eigenvalue weighted by molar-refractivity contribution is 6.30. The molecule has 0 spiro atoms. The maximum absolute atomic E-state index is 6.02. The van der Waals surface area contributed by atoms with Crippen LogP contribution in [0.4, 0.5) is 0 Å². The van der Waals surface area contributed by atoms with Crippen LogP contribution in [0.15, 0.2) is 42.5 Å². The van der Waals surface area contributed by atoms with E-state index in [-0.39, 0.29) is 6.10 Å². The van der Waals surface area contributed by atoms with Crippen LogP contribution >= 0.6 is 11.6 Å². The van der Waals surface area contributed by atoms with Gasteiger partial charge < -0.3 is 10.1 Å². The summed E-state index contributed by atoms with van der Waals surface area (Å²) in [6.45, 7) is 5.18. The third kappa shape index (κ3) is 3.22. The van der Waals surface area contributed by atoms with Crippen LogP contribution in [0.3, 0.4) is 0 Å². The van der Waals surface area contributed by atoms with Gasteiger partial charge in [0, 0.05) is 24.0 Å². The van der Waals surface area contributed by atoms with Crippen LogP contribution in [0.2, 0.25) is 5.02 Å². The Morgan fingerprint density at radius 2 is 2.10 bits per heavy atom. The molecule has 0 radical (unpaired) electrons. The lowest BCUT2D eigenvalue weighted by Gasteiger charge is -2.19. The predicted octanol–water partition coefficient (Wildman–Crippen LogP) is 4.30. The summed E-state index contributed by atoms with van der Waals surface area (Å²) in [5.74, 6) is 0.967. The molecule has 0 fully saturated rings. The zero-order valence-corrected chi connectivity index (χ0v) is 13.2. The van der Waals surface area contributed by atoms with Gasteiger partial charge in [0.15, 0.2) is 0 Å². The minimum Gasteiger partial charge on any atom is -0.488 e. The largest absolute Gasteiger partial charge is 0.488 e. The Bertz CT molecular complexity index is 641. The van der Waals surface area contributed by atoms with Crippen LogP contribution < -0.4 is 10.1 Å². The van der Waals surface area contributed by atoms with E-state index < -0.39 is 0 Å². The van der Waals surface area contributed by atoms with Crippen molar-refractivity contribution in [2.45, 2.75) is 32.4 Å². The average Bonchev–Trinajstić information content (AvgIpc) is 2.87. The van der Waals surface area contributed by atoms with Gasteiger partial charge in [-0.3, -0.25) is 0 Å². The Hall–Kier alpha value is -1.51. The molecule has 0 amide bonds. The molecule has 3 heteroatoms. The quantitative estimate of drug-likeness (QED) is 0.909. The Labute approximate surface area is 131 Å². The van der Waals surface area contributed by atoms with Gasteiger partial charge in [0.25, 0.3) is 0 Å². The molecule has 3 rings (SSSR count). The third-order valence-electron chi connectivity index (χ3n) is 4.07. The first-order valence-corrected chi connectivity index (χ1v) is 7.75. The number of hydrogen-bond donors (Lipinski definition) is 1. The summed E-state index contributed by atoms with van der Waals surface area (Å²) in [5, 5.41) is 4.35. The van der Waals surface area contributed by atoms with Gasteiger partial charge in [-0.25, -0.2) is 0 Å². The summed E-state index contributed by atoms with van der Waals surface area (Å²) in [5.41, 5.74) is 3.87. The number of aryl methyl sites for hydroxylation is 1. The number of hydrogen-bond acceptors (Lipinski definition) is 2. The van der Waals surface area contributed by atoms with Gasteiger partial charge in [-0.2, -0.15) is 0 Å². The molecule has 0 saturated carbocycles. The van der Waals surface area contributed by atoms with Crippen molar-refractivity contribution in [1.82, 2.24) is 5.32 Å². The summed E-state index contributed by atoms with van der Waals surface area (Å²) in [4.78, 5) is 0. The SMILES string of the molecule is Cc1ccccc1[C@H](C)NCC1Cc2cc(Cl)ccc2O1. The molecule has 1 aliphatic heterocycles. The molecule has 1 heterocycles. The normalized spacial score (nSPS) is 18.1. The van der Waals surface area contributed by atoms with Crippen LogP contribution in [-0.2, 0) is 6.42 Å². The topological polar surface area (TPSA) is 21.3 Å². The van der Waals surface area contributed by atoms with Gasteiger partial charge in [-0.1, -0.05) is 35.9 Å². The molecule has 0 bridgehead atoms. The minimum absolute atomic E-state index is 0.185. The van der Waals surface area contributed by atoms with E-state index in [4.69, 9.17) is 16.3 Å². The first-order chi connectivity index (χ1) is 10.1. The standard InChI is InChI=1S/C18H20ClNO/c1-12-5-3-4-6-17(12)13(2)20-11-16-10-14-9-15(19)7-8-18(14)21-16/h3-9,13,16,20H,10-11H2,1-2H3/t13-,16?/m0/s1. The second kappa shape index (κ2) is 6.08. The Kier molecular flexibility index (Phi) is 4.18. The molecule has 1 N–H and O–H groups in total. The van der Waals surface area contributed by atoms with E-state index >= 15 is 0 Å². The number of benzene rings is 2. The Morgan fingerprint density at radius 3 is 2.90 bits per heavy atom. The molecule has 0 saturated heterocycles. The highest BCUT2D eigenvalue weighted by Gasteiger charge is 2.23. The molecule has 110 valence electrons. The van der Waals surface area contributed by atoms with Crippen LogP contribution in [-0.4, -0.2) is 12.6 Å². The highest BCUT2D eigenvalue weighted by atomic mass is 35.5. The molecular weight excluding hydrogens is 282 g/mol. The Morgan fingerprint density at radius 1 is 1.29 bits per heavy atom. The van der Waals surface area contributed by atoms with Crippen LogP contribution in [0.5, 0.6) is 5.75 Å². The fraction of sp³-hybridized carbons (Fsp3) is 0.333. The fourth-order valence-corrected chi connectivity index (χ4v) is 3.09. The summed E-state index contributed by atoms with van der Waals surface area (Å²) in [7, 11) is 0. The van der Waals surface area contributed by atoms with Crippen LogP contribution in [0.25, 0.3) is 0 Å². The van der Waals surface area contributed by atoms with E-state index in [1.807, 2.05) is 18.2 Å². The minimum atomic E-state index is 0.185. The molecule has 0 aliphatic carbocycles. The maximum Gasteiger partial charge on any atom is 0.123 e. The van der Waals surface area contributed by atoms with Gasteiger partial charge in [0.2, 0.25) is 0 Å². The van der Waals surface area contributed by atoms with Gasteiger partial charge >= 0.3 is 0 Å². The molecule has 2 aromatic rings. The maximum atomic E-state index is 6.02. The predicted molar refractivity (Wildman–Crippen MR) is 87.2 cm³/mol. The molecule has 0 aromatic heterocycles. The smallest absolute Gasteiger partial charge is 0.123 e. The van der Waals surface area contributed by atoms with Crippen LogP contribution in [0.1, 0.15) is 29.7 Å². The van der Waals surface area contributed by atoms with Crippen molar-refractivity contribution in [1.29, 1.82) is 0 Å². The van der Waals surface area contributed by atoms with Crippen molar-refractivity contribution < 1.29 is 4.74 Å². The van der Waals surface area contributed by atoms with E-state index in [1.165, 1.54) is 16.7 Å². The number of nitrogens with one attached hydrogen (secondary N) is 1. The van der Waals surface area contributed by atoms with Crippen molar-refractivity contribution >= 4 is 11.6 Å². The summed E-state index contributed by atoms with van der Waals surface area (Å²) < 4.78 is 5.96. The lowest BCUT2D eigenvalue weighted by Crippen LogP contribution is -2.32. The van der Waals surface area contributed by atoms with Crippen LogP contribution in [0, 0.1) is 6.92 Å². The van der Waals surface area contributed by atoms with Gasteiger partial charge in [-0.05, 0) is 48.7 Å². The first-order valence-electron chi connectivity index (χ1n) is 7.37. The summed E-state index contributed by atoms with van der Waals surface area (Å²) >= 11 is 6.02. The second-order valence-electron chi connectivity index (χ2n) is 5.68. The van der Waals surface area contributed by atoms with E-state index in [9.17, 15) is 0 Å². The molecule has 1 unspecified atom stereocenters. The third-order valence-corrected chi connectivity index (χ3v) is 4.31. The number of ether oxygens (including phenoxy) is 1. The average molecular weight is 302 g/mol. The Balaban J connectivity index is 1.59. The fourth-order valence-electron chi connectivity index (χ4n) is 2.89. The van der Waals surface area contributed by atoms with Crippen molar-refractivity contribution in [3.05, 3.63) is 64.2 Å². The number of halogens is 1. The summed E-state index contributed by atoms with van der Waals surface area (Å²) in [6, 6.07) is 14.7. The number of rotatable bonds is 4. The lowest BCUT2D eigenvalue weighted by molar-refractivity contribution is 0.222. The number of fused-ring (bicyclic) bond motifs is 1. The molecule has 2 atom stereocenters. The monoisotopic (exact) mass is 301 g/mol. The van der Waals surface area contributed by atoms with E-state index in [2.05, 4.69) is 43.4 Å². The zero-order valence-electron chi connectivity index (χ0n) is 12.4. The molecule has 21 heavy (non-hydrogen) atoms. The van der Waals surface area contributed by atoms with E-state index in [0.29, 0.717) is 6.04 Å². The highest BCUT2D eigenvalue weighted by Crippen LogP contribution is 2.31. The molecule has 2 aromatic carbocycles. The van der Waals surface area contributed by atoms with E-state index in [1.54, 1.807) is 0 Å². The zero-order chi connectivity index (χ0) is 14.8. The van der Waals surface area contributed by atoms with Crippen molar-refractivity contribution in [3.8, 4) is 5.75 Å². The van der Waals surface area contributed by atoms with Gasteiger partial charge in [0.1, 0.15) is 11.9 Å². The van der Waals surface area contributed by atoms with Gasteiger partial charge in [0.05, 0.1) is 0 Å². The first kappa shape index (κ1) is 14.4. The molecule has 2 nitrogen and oxygen atoms in total. The molecule has 1 aliphatic rings.